The van der Waals surface area contributed by atoms with Crippen LogP contribution in [0.15, 0.2) is 47.2 Å². The topological polar surface area (TPSA) is 100.0 Å². The van der Waals surface area contributed by atoms with Crippen LogP contribution in [0.3, 0.4) is 0 Å². The van der Waals surface area contributed by atoms with E-state index in [9.17, 15) is 0 Å². The summed E-state index contributed by atoms with van der Waals surface area (Å²) in [6, 6.07) is 10.7. The highest BCUT2D eigenvalue weighted by molar-refractivity contribution is 5.49. The molecule has 7 nitrogen and oxygen atoms in total. The third-order valence-electron chi connectivity index (χ3n) is 2.95. The first kappa shape index (κ1) is 13.2. The number of aromatic nitrogens is 4. The fraction of sp³-hybridized carbons (Fsp3) is 0.143. The zero-order valence-electron chi connectivity index (χ0n) is 11.3. The molecule has 0 aliphatic heterocycles. The molecule has 0 spiro atoms. The van der Waals surface area contributed by atoms with Crippen molar-refractivity contribution < 1.29 is 9.26 Å². The molecule has 0 radical (unpaired) electrons. The second-order valence-electron chi connectivity index (χ2n) is 4.29. The third-order valence-corrected chi connectivity index (χ3v) is 2.95. The maximum absolute atomic E-state index is 6.11. The zero-order valence-corrected chi connectivity index (χ0v) is 11.3. The Morgan fingerprint density at radius 1 is 1.19 bits per heavy atom. The van der Waals surface area contributed by atoms with Gasteiger partial charge >= 0.3 is 0 Å². The minimum Gasteiger partial charge on any atom is -0.481 e. The normalized spacial score (nSPS) is 12.1. The van der Waals surface area contributed by atoms with Gasteiger partial charge in [0, 0.05) is 6.07 Å². The quantitative estimate of drug-likeness (QED) is 0.775. The number of benzene rings is 1. The van der Waals surface area contributed by atoms with Crippen LogP contribution in [0.5, 0.6) is 5.88 Å². The standard InChI is InChI=1S/C14H13N5O2/c1-20-11-7-10(16-8-17-11)13-18-14(21-19-13)12(15)9-5-3-2-4-6-9/h2-8,12H,15H2,1H3/t12-/m0/s1. The molecule has 21 heavy (non-hydrogen) atoms. The molecule has 3 aromatic rings. The Kier molecular flexibility index (Phi) is 3.57. The Labute approximate surface area is 120 Å². The van der Waals surface area contributed by atoms with E-state index in [1.807, 2.05) is 30.3 Å². The lowest BCUT2D eigenvalue weighted by Crippen LogP contribution is -2.12. The van der Waals surface area contributed by atoms with Crippen LogP contribution in [0.4, 0.5) is 0 Å². The minimum atomic E-state index is -0.476. The van der Waals surface area contributed by atoms with Gasteiger partial charge in [0.15, 0.2) is 0 Å². The molecule has 1 atom stereocenters. The predicted molar refractivity (Wildman–Crippen MR) is 74.3 cm³/mol. The lowest BCUT2D eigenvalue weighted by atomic mass is 10.1. The van der Waals surface area contributed by atoms with Gasteiger partial charge in [0.05, 0.1) is 7.11 Å². The molecule has 0 unspecified atom stereocenters. The van der Waals surface area contributed by atoms with Gasteiger partial charge in [0.25, 0.3) is 0 Å². The minimum absolute atomic E-state index is 0.328. The van der Waals surface area contributed by atoms with Gasteiger partial charge < -0.3 is 15.0 Å². The van der Waals surface area contributed by atoms with Crippen LogP contribution in [0.25, 0.3) is 11.5 Å². The number of hydrogen-bond donors (Lipinski definition) is 1. The van der Waals surface area contributed by atoms with Crippen LogP contribution < -0.4 is 10.5 Å². The molecule has 7 heteroatoms. The van der Waals surface area contributed by atoms with Gasteiger partial charge in [-0.1, -0.05) is 35.5 Å². The summed E-state index contributed by atoms with van der Waals surface area (Å²) >= 11 is 0. The van der Waals surface area contributed by atoms with Crippen molar-refractivity contribution in [3.63, 3.8) is 0 Å². The van der Waals surface area contributed by atoms with E-state index in [1.165, 1.54) is 13.4 Å². The monoisotopic (exact) mass is 283 g/mol. The van der Waals surface area contributed by atoms with E-state index in [4.69, 9.17) is 15.0 Å². The second kappa shape index (κ2) is 5.68. The van der Waals surface area contributed by atoms with Crippen LogP contribution in [-0.4, -0.2) is 27.2 Å². The second-order valence-corrected chi connectivity index (χ2v) is 4.29. The smallest absolute Gasteiger partial charge is 0.248 e. The Bertz CT molecular complexity index is 729. The molecule has 0 saturated carbocycles. The molecule has 0 saturated heterocycles. The molecule has 0 aliphatic rings. The van der Waals surface area contributed by atoms with E-state index in [-0.39, 0.29) is 0 Å². The van der Waals surface area contributed by atoms with Gasteiger partial charge in [-0.2, -0.15) is 4.98 Å². The number of methoxy groups -OCH3 is 1. The molecule has 0 fully saturated rings. The average molecular weight is 283 g/mol. The molecule has 0 amide bonds. The molecule has 0 bridgehead atoms. The average Bonchev–Trinajstić information content (AvgIpc) is 3.05. The highest BCUT2D eigenvalue weighted by atomic mass is 16.5. The molecule has 106 valence electrons. The van der Waals surface area contributed by atoms with Crippen molar-refractivity contribution in [1.82, 2.24) is 20.1 Å². The fourth-order valence-corrected chi connectivity index (χ4v) is 1.84. The van der Waals surface area contributed by atoms with E-state index in [0.717, 1.165) is 5.56 Å². The Balaban J connectivity index is 1.89. The largest absolute Gasteiger partial charge is 0.481 e. The van der Waals surface area contributed by atoms with Crippen molar-refractivity contribution in [2.24, 2.45) is 5.73 Å². The number of ether oxygens (including phenoxy) is 1. The maximum atomic E-state index is 6.11. The van der Waals surface area contributed by atoms with Gasteiger partial charge in [0.1, 0.15) is 18.1 Å². The number of hydrogen-bond acceptors (Lipinski definition) is 7. The number of nitrogens with zero attached hydrogens (tertiary/aromatic N) is 4. The zero-order chi connectivity index (χ0) is 14.7. The lowest BCUT2D eigenvalue weighted by molar-refractivity contribution is 0.367. The first-order valence-electron chi connectivity index (χ1n) is 6.28. The van der Waals surface area contributed by atoms with Crippen molar-refractivity contribution in [2.45, 2.75) is 6.04 Å². The molecule has 3 rings (SSSR count). The van der Waals surface area contributed by atoms with E-state index in [2.05, 4.69) is 20.1 Å². The highest BCUT2D eigenvalue weighted by Gasteiger charge is 2.18. The van der Waals surface area contributed by atoms with E-state index >= 15 is 0 Å². The third kappa shape index (κ3) is 2.72. The number of nitrogens with two attached hydrogens (primary N) is 1. The summed E-state index contributed by atoms with van der Waals surface area (Å²) < 4.78 is 10.3. The van der Waals surface area contributed by atoms with Crippen LogP contribution in [0.1, 0.15) is 17.5 Å². The summed E-state index contributed by atoms with van der Waals surface area (Å²) in [5.41, 5.74) is 7.52. The Hall–Kier alpha value is -2.80. The molecular weight excluding hydrogens is 270 g/mol. The summed E-state index contributed by atoms with van der Waals surface area (Å²) in [7, 11) is 1.53. The lowest BCUT2D eigenvalue weighted by Gasteiger charge is -2.05. The highest BCUT2D eigenvalue weighted by Crippen LogP contribution is 2.21. The summed E-state index contributed by atoms with van der Waals surface area (Å²) in [6.07, 6.45) is 1.38. The van der Waals surface area contributed by atoms with E-state index < -0.39 is 6.04 Å². The first-order chi connectivity index (χ1) is 10.3. The van der Waals surface area contributed by atoms with Crippen molar-refractivity contribution in [3.8, 4) is 17.4 Å². The molecule has 2 N–H and O–H groups in total. The summed E-state index contributed by atoms with van der Waals surface area (Å²) in [6.45, 7) is 0. The summed E-state index contributed by atoms with van der Waals surface area (Å²) in [5, 5.41) is 3.90. The summed E-state index contributed by atoms with van der Waals surface area (Å²) in [4.78, 5) is 12.3. The Morgan fingerprint density at radius 3 is 2.76 bits per heavy atom. The predicted octanol–water partition coefficient (Wildman–Crippen LogP) is 1.58. The Morgan fingerprint density at radius 2 is 2.00 bits per heavy atom. The fourth-order valence-electron chi connectivity index (χ4n) is 1.84. The van der Waals surface area contributed by atoms with Gasteiger partial charge in [-0.05, 0) is 5.56 Å². The molecule has 2 heterocycles. The number of rotatable bonds is 4. The van der Waals surface area contributed by atoms with Crippen LogP contribution in [-0.2, 0) is 0 Å². The van der Waals surface area contributed by atoms with Crippen LogP contribution in [0.2, 0.25) is 0 Å². The summed E-state index contributed by atoms with van der Waals surface area (Å²) in [5.74, 6) is 1.10. The molecule has 0 aliphatic carbocycles. The van der Waals surface area contributed by atoms with Crippen LogP contribution in [0, 0.1) is 0 Å². The van der Waals surface area contributed by atoms with Crippen molar-refractivity contribution in [2.75, 3.05) is 7.11 Å². The maximum Gasteiger partial charge on any atom is 0.248 e. The van der Waals surface area contributed by atoms with Gasteiger partial charge in [-0.3, -0.25) is 0 Å². The molecular formula is C14H13N5O2. The van der Waals surface area contributed by atoms with Gasteiger partial charge in [0.2, 0.25) is 17.6 Å². The van der Waals surface area contributed by atoms with Crippen molar-refractivity contribution in [3.05, 3.63) is 54.2 Å². The van der Waals surface area contributed by atoms with Gasteiger partial charge in [-0.25, -0.2) is 9.97 Å². The van der Waals surface area contributed by atoms with Crippen molar-refractivity contribution >= 4 is 0 Å². The molecule has 2 aromatic heterocycles. The van der Waals surface area contributed by atoms with E-state index in [1.54, 1.807) is 6.07 Å². The van der Waals surface area contributed by atoms with Crippen molar-refractivity contribution in [1.29, 1.82) is 0 Å². The van der Waals surface area contributed by atoms with E-state index in [0.29, 0.717) is 23.3 Å². The van der Waals surface area contributed by atoms with Gasteiger partial charge in [-0.15, -0.1) is 0 Å². The first-order valence-corrected chi connectivity index (χ1v) is 6.28. The molecule has 1 aromatic carbocycles. The van der Waals surface area contributed by atoms with Crippen LogP contribution >= 0.6 is 0 Å². The SMILES string of the molecule is COc1cc(-c2noc([C@@H](N)c3ccccc3)n2)ncn1.